The maximum absolute atomic E-state index is 11.2. The minimum absolute atomic E-state index is 0.0446. The fourth-order valence-corrected chi connectivity index (χ4v) is 8.62. The summed E-state index contributed by atoms with van der Waals surface area (Å²) >= 11 is 0. The summed E-state index contributed by atoms with van der Waals surface area (Å²) in [5, 5.41) is 12.4. The summed E-state index contributed by atoms with van der Waals surface area (Å²) in [4.78, 5) is 11.2. The lowest BCUT2D eigenvalue weighted by molar-refractivity contribution is -0.140. The molecule has 2 aromatic carbocycles. The van der Waals surface area contributed by atoms with Crippen LogP contribution in [0.1, 0.15) is 46.5 Å². The number of hydrogen-bond donors (Lipinski definition) is 1. The molecule has 2 aromatic rings. The standard InChI is InChI=1S/C26H36O4Si/c1-26(2,3)31(23-16-10-7-11-17-23,24-18-12-8-13-19-24)30-22(21-27)15-9-5-6-14-20-25(28)29-4/h5,7-13,16-19,22,27H,6,14-15,20-21H2,1-4H3/b9-5-/t22-/m1/s1. The van der Waals surface area contributed by atoms with E-state index in [1.54, 1.807) is 0 Å². The quantitative estimate of drug-likeness (QED) is 0.246. The third-order valence-electron chi connectivity index (χ3n) is 5.51. The lowest BCUT2D eigenvalue weighted by Gasteiger charge is -2.45. The van der Waals surface area contributed by atoms with E-state index in [9.17, 15) is 9.90 Å². The number of unbranched alkanes of at least 4 members (excludes halogenated alkanes) is 1. The number of ether oxygens (including phenoxy) is 1. The second-order valence-corrected chi connectivity index (χ2v) is 13.0. The molecule has 0 heterocycles. The van der Waals surface area contributed by atoms with Gasteiger partial charge < -0.3 is 14.3 Å². The van der Waals surface area contributed by atoms with Gasteiger partial charge >= 0.3 is 5.97 Å². The molecule has 0 amide bonds. The molecule has 0 fully saturated rings. The molecule has 168 valence electrons. The maximum Gasteiger partial charge on any atom is 0.305 e. The van der Waals surface area contributed by atoms with Crippen molar-refractivity contribution in [1.82, 2.24) is 0 Å². The van der Waals surface area contributed by atoms with Crippen LogP contribution in [0.4, 0.5) is 0 Å². The van der Waals surface area contributed by atoms with E-state index in [0.717, 1.165) is 12.8 Å². The Morgan fingerprint density at radius 3 is 2.00 bits per heavy atom. The third-order valence-corrected chi connectivity index (χ3v) is 10.6. The van der Waals surface area contributed by atoms with Gasteiger partial charge in [0.1, 0.15) is 0 Å². The predicted octanol–water partition coefficient (Wildman–Crippen LogP) is 4.21. The summed E-state index contributed by atoms with van der Waals surface area (Å²) in [6.45, 7) is 6.65. The van der Waals surface area contributed by atoms with Crippen LogP contribution >= 0.6 is 0 Å². The van der Waals surface area contributed by atoms with Crippen LogP contribution in [0.25, 0.3) is 0 Å². The van der Waals surface area contributed by atoms with Crippen molar-refractivity contribution >= 4 is 24.7 Å². The number of benzene rings is 2. The molecule has 1 N–H and O–H groups in total. The lowest BCUT2D eigenvalue weighted by atomic mass is 10.2. The van der Waals surface area contributed by atoms with E-state index >= 15 is 0 Å². The average Bonchev–Trinajstić information content (AvgIpc) is 2.78. The first-order valence-electron chi connectivity index (χ1n) is 11.0. The molecule has 0 unspecified atom stereocenters. The number of allylic oxidation sites excluding steroid dienone is 1. The van der Waals surface area contributed by atoms with E-state index in [1.165, 1.54) is 17.5 Å². The molecule has 1 atom stereocenters. The molecule has 0 saturated heterocycles. The zero-order valence-corrected chi connectivity index (χ0v) is 20.2. The number of methoxy groups -OCH3 is 1. The van der Waals surface area contributed by atoms with Crippen molar-refractivity contribution in [2.75, 3.05) is 13.7 Å². The topological polar surface area (TPSA) is 55.8 Å². The van der Waals surface area contributed by atoms with Crippen molar-refractivity contribution < 1.29 is 19.1 Å². The number of carbonyl (C=O) groups is 1. The van der Waals surface area contributed by atoms with Crippen LogP contribution in [0, 0.1) is 0 Å². The Bertz CT molecular complexity index is 773. The summed E-state index contributed by atoms with van der Waals surface area (Å²) in [5.74, 6) is -0.184. The summed E-state index contributed by atoms with van der Waals surface area (Å²) in [7, 11) is -1.27. The first-order valence-corrected chi connectivity index (χ1v) is 12.9. The van der Waals surface area contributed by atoms with Crippen LogP contribution < -0.4 is 10.4 Å². The fourth-order valence-electron chi connectivity index (χ4n) is 3.93. The van der Waals surface area contributed by atoms with E-state index in [-0.39, 0.29) is 23.7 Å². The smallest absolute Gasteiger partial charge is 0.305 e. The van der Waals surface area contributed by atoms with Crippen molar-refractivity contribution in [1.29, 1.82) is 0 Å². The van der Waals surface area contributed by atoms with Crippen molar-refractivity contribution in [3.8, 4) is 0 Å². The summed E-state index contributed by atoms with van der Waals surface area (Å²) in [5.41, 5.74) is 0. The third kappa shape index (κ3) is 6.63. The number of aliphatic hydroxyl groups excluding tert-OH is 1. The zero-order valence-electron chi connectivity index (χ0n) is 19.2. The average molecular weight is 441 g/mol. The van der Waals surface area contributed by atoms with Gasteiger partial charge in [-0.05, 0) is 34.7 Å². The Kier molecular flexibility index (Phi) is 9.69. The molecule has 0 spiro atoms. The van der Waals surface area contributed by atoms with Crippen molar-refractivity contribution in [3.63, 3.8) is 0 Å². The highest BCUT2D eigenvalue weighted by molar-refractivity contribution is 6.99. The van der Waals surface area contributed by atoms with Gasteiger partial charge in [0.05, 0.1) is 19.8 Å². The zero-order chi connectivity index (χ0) is 22.7. The second-order valence-electron chi connectivity index (χ2n) is 8.76. The molecule has 0 aliphatic carbocycles. The van der Waals surface area contributed by atoms with Crippen LogP contribution in [0.15, 0.2) is 72.8 Å². The van der Waals surface area contributed by atoms with Gasteiger partial charge in [0, 0.05) is 6.42 Å². The fraction of sp³-hybridized carbons (Fsp3) is 0.423. The Balaban J connectivity index is 2.27. The van der Waals surface area contributed by atoms with Gasteiger partial charge in [0.2, 0.25) is 0 Å². The first kappa shape index (κ1) is 25.1. The molecular formula is C26H36O4Si. The number of aliphatic hydroxyl groups is 1. The lowest BCUT2D eigenvalue weighted by Crippen LogP contribution is -2.68. The van der Waals surface area contributed by atoms with Gasteiger partial charge in [-0.3, -0.25) is 4.79 Å². The Labute approximate surface area is 188 Å². The molecular weight excluding hydrogens is 404 g/mol. The predicted molar refractivity (Wildman–Crippen MR) is 129 cm³/mol. The van der Waals surface area contributed by atoms with Gasteiger partial charge in [0.15, 0.2) is 0 Å². The first-order chi connectivity index (χ1) is 14.8. The van der Waals surface area contributed by atoms with E-state index in [2.05, 4.69) is 86.2 Å². The van der Waals surface area contributed by atoms with Crippen LogP contribution in [-0.2, 0) is 14.0 Å². The number of carbonyl (C=O) groups excluding carboxylic acids is 1. The largest absolute Gasteiger partial charge is 0.469 e. The summed E-state index contributed by atoms with van der Waals surface area (Å²) < 4.78 is 11.6. The summed E-state index contributed by atoms with van der Waals surface area (Å²) in [6, 6.07) is 20.9. The van der Waals surface area contributed by atoms with E-state index in [4.69, 9.17) is 4.43 Å². The van der Waals surface area contributed by atoms with Gasteiger partial charge in [-0.1, -0.05) is 93.6 Å². The molecule has 0 saturated carbocycles. The second kappa shape index (κ2) is 12.0. The van der Waals surface area contributed by atoms with Gasteiger partial charge in [-0.15, -0.1) is 0 Å². The molecule has 2 rings (SSSR count). The normalized spacial score (nSPS) is 13.3. The van der Waals surface area contributed by atoms with Crippen molar-refractivity contribution in [3.05, 3.63) is 72.8 Å². The van der Waals surface area contributed by atoms with Gasteiger partial charge in [-0.2, -0.15) is 0 Å². The highest BCUT2D eigenvalue weighted by Crippen LogP contribution is 2.37. The molecule has 0 aromatic heterocycles. The SMILES string of the molecule is COC(=O)CCC/C=C\C[C@H](CO)O[Si](c1ccccc1)(c1ccccc1)C(C)(C)C. The Hall–Kier alpha value is -2.21. The molecule has 4 nitrogen and oxygen atoms in total. The van der Waals surface area contributed by atoms with Crippen LogP contribution in [0.5, 0.6) is 0 Å². The number of esters is 1. The van der Waals surface area contributed by atoms with Crippen molar-refractivity contribution in [2.24, 2.45) is 0 Å². The van der Waals surface area contributed by atoms with Crippen LogP contribution in [0.3, 0.4) is 0 Å². The highest BCUT2D eigenvalue weighted by Gasteiger charge is 2.51. The Morgan fingerprint density at radius 1 is 1.00 bits per heavy atom. The van der Waals surface area contributed by atoms with Crippen LogP contribution in [0.2, 0.25) is 5.04 Å². The Morgan fingerprint density at radius 2 is 1.55 bits per heavy atom. The molecule has 0 aliphatic rings. The van der Waals surface area contributed by atoms with E-state index < -0.39 is 8.32 Å². The molecule has 0 aliphatic heterocycles. The van der Waals surface area contributed by atoms with Gasteiger partial charge in [-0.25, -0.2) is 0 Å². The molecule has 0 bridgehead atoms. The molecule has 5 heteroatoms. The van der Waals surface area contributed by atoms with Crippen LogP contribution in [-0.4, -0.2) is 39.2 Å². The minimum atomic E-state index is -2.68. The van der Waals surface area contributed by atoms with E-state index in [0.29, 0.717) is 12.8 Å². The highest BCUT2D eigenvalue weighted by atomic mass is 28.4. The molecule has 0 radical (unpaired) electrons. The van der Waals surface area contributed by atoms with E-state index in [1.807, 2.05) is 12.1 Å². The minimum Gasteiger partial charge on any atom is -0.469 e. The number of hydrogen-bond acceptors (Lipinski definition) is 4. The van der Waals surface area contributed by atoms with Crippen molar-refractivity contribution in [2.45, 2.75) is 57.6 Å². The monoisotopic (exact) mass is 440 g/mol. The number of rotatable bonds is 11. The molecule has 31 heavy (non-hydrogen) atoms. The summed E-state index contributed by atoms with van der Waals surface area (Å²) in [6.07, 6.45) is 6.40. The maximum atomic E-state index is 11.2. The van der Waals surface area contributed by atoms with Gasteiger partial charge in [0.25, 0.3) is 8.32 Å².